The Morgan fingerprint density at radius 2 is 2.33 bits per heavy atom. The van der Waals surface area contributed by atoms with Crippen molar-refractivity contribution in [1.29, 1.82) is 0 Å². The third-order valence-electron chi connectivity index (χ3n) is 2.16. The Morgan fingerprint density at radius 1 is 1.60 bits per heavy atom. The molecule has 15 heavy (non-hydrogen) atoms. The van der Waals surface area contributed by atoms with Gasteiger partial charge in [-0.1, -0.05) is 6.07 Å². The van der Waals surface area contributed by atoms with Gasteiger partial charge in [-0.15, -0.1) is 12.4 Å². The normalized spacial score (nSPS) is 17.8. The van der Waals surface area contributed by atoms with Gasteiger partial charge >= 0.3 is 5.97 Å². The number of hydrogen-bond donors (Lipinski definition) is 2. The summed E-state index contributed by atoms with van der Waals surface area (Å²) >= 11 is 0. The highest BCUT2D eigenvalue weighted by atomic mass is 35.5. The SMILES string of the molecule is Cc1ccc2c(c1)NCC(C(=O)O)O2.Cl. The first-order chi connectivity index (χ1) is 6.66. The molecule has 0 saturated carbocycles. The quantitative estimate of drug-likeness (QED) is 0.769. The van der Waals surface area contributed by atoms with E-state index in [1.165, 1.54) is 0 Å². The Kier molecular flexibility index (Phi) is 3.42. The predicted octanol–water partition coefficient (Wildman–Crippen LogP) is 1.67. The number of hydrogen-bond acceptors (Lipinski definition) is 3. The van der Waals surface area contributed by atoms with Crippen LogP contribution in [-0.4, -0.2) is 23.7 Å². The third kappa shape index (κ3) is 2.33. The van der Waals surface area contributed by atoms with E-state index in [1.807, 2.05) is 19.1 Å². The van der Waals surface area contributed by atoms with Crippen LogP contribution in [0.15, 0.2) is 18.2 Å². The van der Waals surface area contributed by atoms with Crippen molar-refractivity contribution < 1.29 is 14.6 Å². The minimum absolute atomic E-state index is 0. The van der Waals surface area contributed by atoms with E-state index in [-0.39, 0.29) is 12.4 Å². The lowest BCUT2D eigenvalue weighted by molar-refractivity contribution is -0.144. The van der Waals surface area contributed by atoms with Gasteiger partial charge in [-0.05, 0) is 24.6 Å². The summed E-state index contributed by atoms with van der Waals surface area (Å²) in [5.41, 5.74) is 1.98. The molecular weight excluding hydrogens is 218 g/mol. The highest BCUT2D eigenvalue weighted by Crippen LogP contribution is 2.29. The number of benzene rings is 1. The summed E-state index contributed by atoms with van der Waals surface area (Å²) < 4.78 is 5.29. The highest BCUT2D eigenvalue weighted by Gasteiger charge is 2.24. The summed E-state index contributed by atoms with van der Waals surface area (Å²) in [4.78, 5) is 10.7. The third-order valence-corrected chi connectivity index (χ3v) is 2.16. The Bertz CT molecular complexity index is 381. The molecule has 0 saturated heterocycles. The van der Waals surface area contributed by atoms with Gasteiger partial charge < -0.3 is 15.2 Å². The van der Waals surface area contributed by atoms with Gasteiger partial charge in [0, 0.05) is 0 Å². The van der Waals surface area contributed by atoms with Crippen LogP contribution in [0, 0.1) is 6.92 Å². The van der Waals surface area contributed by atoms with Crippen molar-refractivity contribution in [3.8, 4) is 5.75 Å². The Labute approximate surface area is 93.7 Å². The van der Waals surface area contributed by atoms with Gasteiger partial charge in [0.05, 0.1) is 12.2 Å². The maximum atomic E-state index is 10.7. The Morgan fingerprint density at radius 3 is 3.00 bits per heavy atom. The average molecular weight is 230 g/mol. The molecule has 82 valence electrons. The van der Waals surface area contributed by atoms with E-state index in [4.69, 9.17) is 9.84 Å². The van der Waals surface area contributed by atoms with Crippen molar-refractivity contribution in [2.75, 3.05) is 11.9 Å². The van der Waals surface area contributed by atoms with Crippen molar-refractivity contribution >= 4 is 24.1 Å². The van der Waals surface area contributed by atoms with E-state index in [0.717, 1.165) is 11.3 Å². The maximum absolute atomic E-state index is 10.7. The standard InChI is InChI=1S/C10H11NO3.ClH/c1-6-2-3-8-7(4-6)11-5-9(14-8)10(12)13;/h2-4,9,11H,5H2,1H3,(H,12,13);1H. The van der Waals surface area contributed by atoms with E-state index in [0.29, 0.717) is 12.3 Å². The minimum atomic E-state index is -0.941. The zero-order valence-corrected chi connectivity index (χ0v) is 9.00. The van der Waals surface area contributed by atoms with Crippen LogP contribution in [0.5, 0.6) is 5.75 Å². The average Bonchev–Trinajstić information content (AvgIpc) is 2.16. The van der Waals surface area contributed by atoms with Crippen molar-refractivity contribution in [3.63, 3.8) is 0 Å². The Balaban J connectivity index is 0.00000112. The lowest BCUT2D eigenvalue weighted by Gasteiger charge is -2.24. The summed E-state index contributed by atoms with van der Waals surface area (Å²) in [5, 5.41) is 11.8. The van der Waals surface area contributed by atoms with E-state index in [2.05, 4.69) is 5.32 Å². The minimum Gasteiger partial charge on any atom is -0.478 e. The second-order valence-corrected chi connectivity index (χ2v) is 3.33. The molecule has 0 fully saturated rings. The lowest BCUT2D eigenvalue weighted by atomic mass is 10.1. The Hall–Kier alpha value is -1.42. The van der Waals surface area contributed by atoms with Crippen LogP contribution in [0.3, 0.4) is 0 Å². The summed E-state index contributed by atoms with van der Waals surface area (Å²) in [6, 6.07) is 5.62. The van der Waals surface area contributed by atoms with E-state index < -0.39 is 12.1 Å². The van der Waals surface area contributed by atoms with Crippen LogP contribution < -0.4 is 10.1 Å². The van der Waals surface area contributed by atoms with Crippen molar-refractivity contribution in [2.45, 2.75) is 13.0 Å². The molecule has 2 rings (SSSR count). The molecule has 1 aromatic rings. The molecular formula is C10H12ClNO3. The van der Waals surface area contributed by atoms with Crippen LogP contribution in [0.1, 0.15) is 5.56 Å². The number of halogens is 1. The second-order valence-electron chi connectivity index (χ2n) is 3.33. The van der Waals surface area contributed by atoms with Crippen molar-refractivity contribution in [2.24, 2.45) is 0 Å². The summed E-state index contributed by atoms with van der Waals surface area (Å²) in [7, 11) is 0. The maximum Gasteiger partial charge on any atom is 0.346 e. The first-order valence-corrected chi connectivity index (χ1v) is 4.41. The number of anilines is 1. The molecule has 1 aliphatic heterocycles. The molecule has 5 heteroatoms. The van der Waals surface area contributed by atoms with E-state index in [1.54, 1.807) is 6.07 Å². The number of carboxylic acids is 1. The van der Waals surface area contributed by atoms with Crippen LogP contribution in [0.25, 0.3) is 0 Å². The largest absolute Gasteiger partial charge is 0.478 e. The van der Waals surface area contributed by atoms with Crippen molar-refractivity contribution in [3.05, 3.63) is 23.8 Å². The van der Waals surface area contributed by atoms with Gasteiger partial charge in [-0.2, -0.15) is 0 Å². The first-order valence-electron chi connectivity index (χ1n) is 4.41. The van der Waals surface area contributed by atoms with Gasteiger partial charge in [-0.3, -0.25) is 0 Å². The van der Waals surface area contributed by atoms with Gasteiger partial charge in [0.2, 0.25) is 6.10 Å². The first kappa shape index (κ1) is 11.7. The van der Waals surface area contributed by atoms with Crippen LogP contribution in [0.4, 0.5) is 5.69 Å². The molecule has 0 bridgehead atoms. The number of aliphatic carboxylic acids is 1. The van der Waals surface area contributed by atoms with E-state index >= 15 is 0 Å². The molecule has 0 spiro atoms. The zero-order valence-electron chi connectivity index (χ0n) is 8.19. The molecule has 1 heterocycles. The van der Waals surface area contributed by atoms with Gasteiger partial charge in [0.1, 0.15) is 5.75 Å². The topological polar surface area (TPSA) is 58.6 Å². The molecule has 0 amide bonds. The van der Waals surface area contributed by atoms with Gasteiger partial charge in [0.25, 0.3) is 0 Å². The number of ether oxygens (including phenoxy) is 1. The molecule has 0 radical (unpaired) electrons. The molecule has 0 aliphatic carbocycles. The number of aryl methyl sites for hydroxylation is 1. The fourth-order valence-corrected chi connectivity index (χ4v) is 1.42. The fraction of sp³-hybridized carbons (Fsp3) is 0.300. The van der Waals surface area contributed by atoms with Crippen molar-refractivity contribution in [1.82, 2.24) is 0 Å². The zero-order chi connectivity index (χ0) is 10.1. The number of carboxylic acid groups (broad SMARTS) is 1. The van der Waals surface area contributed by atoms with Crippen LogP contribution in [0.2, 0.25) is 0 Å². The van der Waals surface area contributed by atoms with Crippen LogP contribution >= 0.6 is 12.4 Å². The summed E-state index contributed by atoms with van der Waals surface area (Å²) in [6.07, 6.45) is -0.787. The predicted molar refractivity (Wildman–Crippen MR) is 59.0 cm³/mol. The second kappa shape index (κ2) is 4.40. The molecule has 1 unspecified atom stereocenters. The molecule has 1 aromatic carbocycles. The number of fused-ring (bicyclic) bond motifs is 1. The summed E-state index contributed by atoms with van der Waals surface area (Å²) in [5.74, 6) is -0.335. The smallest absolute Gasteiger partial charge is 0.346 e. The van der Waals surface area contributed by atoms with Gasteiger partial charge in [0.15, 0.2) is 0 Å². The highest BCUT2D eigenvalue weighted by molar-refractivity contribution is 5.85. The molecule has 4 nitrogen and oxygen atoms in total. The molecule has 0 aromatic heterocycles. The number of nitrogens with one attached hydrogen (secondary N) is 1. The summed E-state index contributed by atoms with van der Waals surface area (Å²) in [6.45, 7) is 2.29. The lowest BCUT2D eigenvalue weighted by Crippen LogP contribution is -2.37. The van der Waals surface area contributed by atoms with Gasteiger partial charge in [-0.25, -0.2) is 4.79 Å². The molecule has 2 N–H and O–H groups in total. The number of rotatable bonds is 1. The van der Waals surface area contributed by atoms with E-state index in [9.17, 15) is 4.79 Å². The number of carbonyl (C=O) groups is 1. The fourth-order valence-electron chi connectivity index (χ4n) is 1.42. The molecule has 1 atom stereocenters. The monoisotopic (exact) mass is 229 g/mol. The molecule has 1 aliphatic rings. The van der Waals surface area contributed by atoms with Crippen LogP contribution in [-0.2, 0) is 4.79 Å².